The molecule has 0 heterocycles. The van der Waals surface area contributed by atoms with E-state index in [1.807, 2.05) is 0 Å². The van der Waals surface area contributed by atoms with E-state index in [1.165, 1.54) is 29.2 Å². The van der Waals surface area contributed by atoms with Crippen LogP contribution in [0.15, 0.2) is 54.6 Å². The summed E-state index contributed by atoms with van der Waals surface area (Å²) >= 11 is 0. The Balaban J connectivity index is 2.07. The second kappa shape index (κ2) is 5.18. The summed E-state index contributed by atoms with van der Waals surface area (Å²) in [6.07, 6.45) is 8.23. The van der Waals surface area contributed by atoms with Gasteiger partial charge in [-0.2, -0.15) is 0 Å². The van der Waals surface area contributed by atoms with E-state index >= 15 is 0 Å². The van der Waals surface area contributed by atoms with Crippen LogP contribution in [0.3, 0.4) is 0 Å². The highest BCUT2D eigenvalue weighted by molar-refractivity contribution is 5.83. The topological polar surface area (TPSA) is 12.0 Å². The smallest absolute Gasteiger partial charge is 0.0115 e. The highest BCUT2D eigenvalue weighted by Crippen LogP contribution is 2.37. The lowest BCUT2D eigenvalue weighted by Crippen LogP contribution is -2.37. The molecule has 0 amide bonds. The third-order valence-corrected chi connectivity index (χ3v) is 4.34. The number of hydrogen-bond acceptors (Lipinski definition) is 1. The fourth-order valence-corrected chi connectivity index (χ4v) is 3.27. The van der Waals surface area contributed by atoms with Crippen LogP contribution in [0.2, 0.25) is 0 Å². The van der Waals surface area contributed by atoms with E-state index in [0.717, 1.165) is 13.0 Å². The first-order valence-corrected chi connectivity index (χ1v) is 7.13. The van der Waals surface area contributed by atoms with Gasteiger partial charge in [0, 0.05) is 12.0 Å². The van der Waals surface area contributed by atoms with Gasteiger partial charge in [-0.15, -0.1) is 0 Å². The molecular weight excluding hydrogens is 230 g/mol. The normalized spacial score (nSPS) is 22.8. The number of rotatable bonds is 3. The minimum atomic E-state index is 0.271. The SMILES string of the molecule is CNCC1(c2ccc3ccccc3c2)CC=CCC1. The van der Waals surface area contributed by atoms with E-state index < -0.39 is 0 Å². The second-order valence-electron chi connectivity index (χ2n) is 5.59. The number of nitrogens with one attached hydrogen (secondary N) is 1. The zero-order chi connectivity index (χ0) is 13.1. The molecule has 2 aromatic rings. The fraction of sp³-hybridized carbons (Fsp3) is 0.333. The largest absolute Gasteiger partial charge is 0.319 e. The molecule has 2 aromatic carbocycles. The van der Waals surface area contributed by atoms with Gasteiger partial charge in [-0.3, -0.25) is 0 Å². The molecule has 0 bridgehead atoms. The molecule has 0 radical (unpaired) electrons. The lowest BCUT2D eigenvalue weighted by molar-refractivity contribution is 0.373. The van der Waals surface area contributed by atoms with Crippen molar-refractivity contribution in [1.82, 2.24) is 5.32 Å². The Hall–Kier alpha value is -1.60. The van der Waals surface area contributed by atoms with Crippen LogP contribution in [-0.4, -0.2) is 13.6 Å². The molecule has 0 aromatic heterocycles. The Bertz CT molecular complexity index is 599. The molecule has 19 heavy (non-hydrogen) atoms. The van der Waals surface area contributed by atoms with E-state index in [2.05, 4.69) is 67.0 Å². The Morgan fingerprint density at radius 1 is 1.05 bits per heavy atom. The quantitative estimate of drug-likeness (QED) is 0.812. The minimum absolute atomic E-state index is 0.271. The third-order valence-electron chi connectivity index (χ3n) is 4.34. The molecule has 1 N–H and O–H groups in total. The summed E-state index contributed by atoms with van der Waals surface area (Å²) in [6.45, 7) is 1.05. The van der Waals surface area contributed by atoms with E-state index in [4.69, 9.17) is 0 Å². The second-order valence-corrected chi connectivity index (χ2v) is 5.59. The minimum Gasteiger partial charge on any atom is -0.319 e. The van der Waals surface area contributed by atoms with Crippen LogP contribution in [0.4, 0.5) is 0 Å². The van der Waals surface area contributed by atoms with Crippen molar-refractivity contribution in [3.63, 3.8) is 0 Å². The molecule has 1 atom stereocenters. The summed E-state index contributed by atoms with van der Waals surface area (Å²) in [5.41, 5.74) is 1.75. The number of benzene rings is 2. The monoisotopic (exact) mass is 251 g/mol. The third kappa shape index (κ3) is 2.31. The van der Waals surface area contributed by atoms with Crippen LogP contribution in [-0.2, 0) is 5.41 Å². The molecule has 0 fully saturated rings. The number of allylic oxidation sites excluding steroid dienone is 2. The molecule has 0 spiro atoms. The van der Waals surface area contributed by atoms with Crippen LogP contribution in [0.5, 0.6) is 0 Å². The Kier molecular flexibility index (Phi) is 3.39. The van der Waals surface area contributed by atoms with Crippen molar-refractivity contribution in [3.05, 3.63) is 60.2 Å². The lowest BCUT2D eigenvalue weighted by Gasteiger charge is -2.35. The summed E-state index contributed by atoms with van der Waals surface area (Å²) in [4.78, 5) is 0. The maximum absolute atomic E-state index is 3.39. The van der Waals surface area contributed by atoms with Crippen LogP contribution < -0.4 is 5.32 Å². The Morgan fingerprint density at radius 3 is 2.63 bits per heavy atom. The maximum Gasteiger partial charge on any atom is 0.0115 e. The molecule has 1 nitrogen and oxygen atoms in total. The predicted molar refractivity (Wildman–Crippen MR) is 82.5 cm³/mol. The molecule has 1 heteroatoms. The lowest BCUT2D eigenvalue weighted by atomic mass is 9.71. The molecular formula is C18H21N. The number of fused-ring (bicyclic) bond motifs is 1. The fourth-order valence-electron chi connectivity index (χ4n) is 3.27. The van der Waals surface area contributed by atoms with Crippen molar-refractivity contribution >= 4 is 10.8 Å². The molecule has 1 aliphatic carbocycles. The standard InChI is InChI=1S/C18H21N/c1-19-14-18(11-5-2-6-12-18)17-10-9-15-7-3-4-8-16(15)13-17/h2-5,7-10,13,19H,6,11-12,14H2,1H3. The van der Waals surface area contributed by atoms with E-state index in [-0.39, 0.29) is 5.41 Å². The Morgan fingerprint density at radius 2 is 1.89 bits per heavy atom. The highest BCUT2D eigenvalue weighted by atomic mass is 14.8. The molecule has 0 saturated heterocycles. The molecule has 1 unspecified atom stereocenters. The van der Waals surface area contributed by atoms with Crippen molar-refractivity contribution in [2.45, 2.75) is 24.7 Å². The first-order chi connectivity index (χ1) is 9.34. The van der Waals surface area contributed by atoms with Crippen molar-refractivity contribution in [2.75, 3.05) is 13.6 Å². The number of likely N-dealkylation sites (N-methyl/N-ethyl adjacent to an activating group) is 1. The van der Waals surface area contributed by atoms with Crippen molar-refractivity contribution in [1.29, 1.82) is 0 Å². The molecule has 3 rings (SSSR count). The summed E-state index contributed by atoms with van der Waals surface area (Å²) in [5, 5.41) is 6.07. The van der Waals surface area contributed by atoms with Gasteiger partial charge < -0.3 is 5.32 Å². The molecule has 0 saturated carbocycles. The van der Waals surface area contributed by atoms with Gasteiger partial charge in [-0.25, -0.2) is 0 Å². The van der Waals surface area contributed by atoms with Gasteiger partial charge in [0.05, 0.1) is 0 Å². The van der Waals surface area contributed by atoms with Gasteiger partial charge in [-0.05, 0) is 42.6 Å². The van der Waals surface area contributed by atoms with E-state index in [1.54, 1.807) is 0 Å². The van der Waals surface area contributed by atoms with Gasteiger partial charge in [0.25, 0.3) is 0 Å². The van der Waals surface area contributed by atoms with Crippen molar-refractivity contribution in [3.8, 4) is 0 Å². The summed E-state index contributed by atoms with van der Waals surface area (Å²) in [7, 11) is 2.06. The average Bonchev–Trinajstić information content (AvgIpc) is 2.48. The van der Waals surface area contributed by atoms with Crippen molar-refractivity contribution < 1.29 is 0 Å². The molecule has 1 aliphatic rings. The summed E-state index contributed by atoms with van der Waals surface area (Å²) in [6, 6.07) is 15.6. The van der Waals surface area contributed by atoms with E-state index in [0.29, 0.717) is 0 Å². The number of hydrogen-bond donors (Lipinski definition) is 1. The summed E-state index contributed by atoms with van der Waals surface area (Å²) < 4.78 is 0. The average molecular weight is 251 g/mol. The first-order valence-electron chi connectivity index (χ1n) is 7.13. The van der Waals surface area contributed by atoms with Crippen molar-refractivity contribution in [2.24, 2.45) is 0 Å². The van der Waals surface area contributed by atoms with Gasteiger partial charge in [0.1, 0.15) is 0 Å². The van der Waals surface area contributed by atoms with Crippen LogP contribution in [0.25, 0.3) is 10.8 Å². The van der Waals surface area contributed by atoms with Gasteiger partial charge in [0.2, 0.25) is 0 Å². The molecule has 0 aliphatic heterocycles. The van der Waals surface area contributed by atoms with Crippen LogP contribution in [0, 0.1) is 0 Å². The maximum atomic E-state index is 3.39. The predicted octanol–water partition coefficient (Wildman–Crippen LogP) is 4.04. The zero-order valence-corrected chi connectivity index (χ0v) is 11.5. The summed E-state index contributed by atoms with van der Waals surface area (Å²) in [5.74, 6) is 0. The van der Waals surface area contributed by atoms with E-state index in [9.17, 15) is 0 Å². The highest BCUT2D eigenvalue weighted by Gasteiger charge is 2.31. The van der Waals surface area contributed by atoms with Gasteiger partial charge in [0.15, 0.2) is 0 Å². The Labute approximate surface area is 115 Å². The molecule has 98 valence electrons. The van der Waals surface area contributed by atoms with Crippen LogP contribution >= 0.6 is 0 Å². The zero-order valence-electron chi connectivity index (χ0n) is 11.5. The van der Waals surface area contributed by atoms with Gasteiger partial charge in [-0.1, -0.05) is 54.6 Å². The van der Waals surface area contributed by atoms with Crippen LogP contribution in [0.1, 0.15) is 24.8 Å². The van der Waals surface area contributed by atoms with Gasteiger partial charge >= 0.3 is 0 Å². The first kappa shape index (κ1) is 12.4.